The maximum Gasteiger partial charge on any atom is 0.266 e. The van der Waals surface area contributed by atoms with E-state index in [1.807, 2.05) is 0 Å². The molecule has 0 spiro atoms. The zero-order valence-corrected chi connectivity index (χ0v) is 8.69. The Labute approximate surface area is 86.9 Å². The summed E-state index contributed by atoms with van der Waals surface area (Å²) in [5, 5.41) is 0.558. The van der Waals surface area contributed by atoms with Crippen molar-refractivity contribution in [3.05, 3.63) is 38.2 Å². The van der Waals surface area contributed by atoms with E-state index in [1.165, 1.54) is 6.20 Å². The van der Waals surface area contributed by atoms with Crippen molar-refractivity contribution in [2.75, 3.05) is 0 Å². The molecule has 0 aliphatic heterocycles. The molecule has 13 heavy (non-hydrogen) atoms. The Kier molecular flexibility index (Phi) is 2.09. The molecular weight excluding hydrogens is 255 g/mol. The lowest BCUT2D eigenvalue weighted by Crippen LogP contribution is -2.04. The van der Waals surface area contributed by atoms with Crippen LogP contribution in [-0.4, -0.2) is 9.97 Å². The van der Waals surface area contributed by atoms with Crippen molar-refractivity contribution in [1.29, 1.82) is 0 Å². The second-order valence-corrected chi connectivity index (χ2v) is 3.82. The van der Waals surface area contributed by atoms with Gasteiger partial charge in [0.15, 0.2) is 0 Å². The molecule has 1 aromatic carbocycles. The maximum absolute atomic E-state index is 10.9. The summed E-state index contributed by atoms with van der Waals surface area (Å²) in [5.41, 5.74) is 1.09. The van der Waals surface area contributed by atoms with E-state index in [-0.39, 0.29) is 5.56 Å². The molecule has 0 atom stereocenters. The second-order valence-electron chi connectivity index (χ2n) is 2.53. The van der Waals surface area contributed by atoms with Crippen LogP contribution in [0.5, 0.6) is 0 Å². The Morgan fingerprint density at radius 2 is 2.23 bits per heavy atom. The summed E-state index contributed by atoms with van der Waals surface area (Å²) in [4.78, 5) is 17.5. The lowest BCUT2D eigenvalue weighted by Gasteiger charge is -1.99. The van der Waals surface area contributed by atoms with E-state index in [1.54, 1.807) is 12.1 Å². The number of aromatic amines is 1. The zero-order chi connectivity index (χ0) is 9.42. The summed E-state index contributed by atoms with van der Waals surface area (Å²) in [6, 6.07) is 3.39. The zero-order valence-electron chi connectivity index (χ0n) is 6.34. The van der Waals surface area contributed by atoms with Gasteiger partial charge in [-0.2, -0.15) is 0 Å². The van der Waals surface area contributed by atoms with Gasteiger partial charge < -0.3 is 4.98 Å². The first kappa shape index (κ1) is 8.72. The third-order valence-electron chi connectivity index (χ3n) is 1.60. The first-order valence-corrected chi connectivity index (χ1v) is 4.68. The van der Waals surface area contributed by atoms with Crippen LogP contribution in [0, 0.1) is 0 Å². The normalized spacial score (nSPS) is 10.6. The summed E-state index contributed by atoms with van der Waals surface area (Å²) < 4.78 is 0.770. The molecule has 0 aliphatic carbocycles. The summed E-state index contributed by atoms with van der Waals surface area (Å²) >= 11 is 9.10. The van der Waals surface area contributed by atoms with Crippen molar-refractivity contribution in [2.24, 2.45) is 0 Å². The number of fused-ring (bicyclic) bond motifs is 1. The topological polar surface area (TPSA) is 45.8 Å². The fraction of sp³-hybridized carbons (Fsp3) is 0. The molecule has 0 bridgehead atoms. The van der Waals surface area contributed by atoms with Crippen LogP contribution in [0.1, 0.15) is 0 Å². The molecule has 0 aliphatic rings. The highest BCUT2D eigenvalue weighted by Gasteiger charge is 2.02. The van der Waals surface area contributed by atoms with Gasteiger partial charge in [-0.1, -0.05) is 11.6 Å². The molecular formula is C8H4BrClN2O. The first-order valence-electron chi connectivity index (χ1n) is 3.51. The van der Waals surface area contributed by atoms with Gasteiger partial charge in [0.1, 0.15) is 5.52 Å². The lowest BCUT2D eigenvalue weighted by atomic mass is 10.3. The standard InChI is InChI=1S/C8H4BrClN2O/c9-5-1-4(10)2-6-8(5)11-3-7(13)12-6/h1-3H,(H,12,13). The van der Waals surface area contributed by atoms with Crippen molar-refractivity contribution in [1.82, 2.24) is 9.97 Å². The van der Waals surface area contributed by atoms with E-state index >= 15 is 0 Å². The molecule has 1 aromatic heterocycles. The van der Waals surface area contributed by atoms with Gasteiger partial charge in [-0.3, -0.25) is 4.79 Å². The van der Waals surface area contributed by atoms with Gasteiger partial charge in [0.25, 0.3) is 5.56 Å². The van der Waals surface area contributed by atoms with Crippen LogP contribution < -0.4 is 5.56 Å². The molecule has 2 rings (SSSR count). The fourth-order valence-electron chi connectivity index (χ4n) is 1.08. The molecule has 0 unspecified atom stereocenters. The van der Waals surface area contributed by atoms with Crippen LogP contribution in [0.25, 0.3) is 11.0 Å². The predicted molar refractivity (Wildman–Crippen MR) is 55.1 cm³/mol. The number of nitrogens with zero attached hydrogens (tertiary/aromatic N) is 1. The summed E-state index contributed by atoms with van der Waals surface area (Å²) in [6.07, 6.45) is 1.24. The summed E-state index contributed by atoms with van der Waals surface area (Å²) in [7, 11) is 0. The van der Waals surface area contributed by atoms with Gasteiger partial charge in [0.2, 0.25) is 0 Å². The van der Waals surface area contributed by atoms with Gasteiger partial charge >= 0.3 is 0 Å². The van der Waals surface area contributed by atoms with E-state index in [4.69, 9.17) is 11.6 Å². The van der Waals surface area contributed by atoms with Crippen molar-refractivity contribution < 1.29 is 0 Å². The third-order valence-corrected chi connectivity index (χ3v) is 2.42. The average molecular weight is 259 g/mol. The van der Waals surface area contributed by atoms with Crippen LogP contribution in [0.2, 0.25) is 5.02 Å². The molecule has 3 nitrogen and oxygen atoms in total. The molecule has 0 saturated heterocycles. The fourth-order valence-corrected chi connectivity index (χ4v) is 1.99. The van der Waals surface area contributed by atoms with Gasteiger partial charge in [0.05, 0.1) is 11.7 Å². The Bertz CT molecular complexity index is 523. The third kappa shape index (κ3) is 1.59. The predicted octanol–water partition coefficient (Wildman–Crippen LogP) is 2.34. The van der Waals surface area contributed by atoms with E-state index in [0.717, 1.165) is 4.47 Å². The highest BCUT2D eigenvalue weighted by Crippen LogP contribution is 2.24. The molecule has 0 fully saturated rings. The van der Waals surface area contributed by atoms with Crippen LogP contribution in [0.3, 0.4) is 0 Å². The molecule has 66 valence electrons. The number of halogens is 2. The largest absolute Gasteiger partial charge is 0.319 e. The smallest absolute Gasteiger partial charge is 0.266 e. The van der Waals surface area contributed by atoms with Gasteiger partial charge in [-0.05, 0) is 28.1 Å². The minimum atomic E-state index is -0.235. The molecule has 0 radical (unpaired) electrons. The number of H-pyrrole nitrogens is 1. The van der Waals surface area contributed by atoms with E-state index in [0.29, 0.717) is 16.1 Å². The molecule has 0 saturated carbocycles. The second kappa shape index (κ2) is 3.12. The first-order chi connectivity index (χ1) is 6.16. The minimum absolute atomic E-state index is 0.235. The van der Waals surface area contributed by atoms with Crippen molar-refractivity contribution in [2.45, 2.75) is 0 Å². The minimum Gasteiger partial charge on any atom is -0.319 e. The molecule has 1 heterocycles. The Morgan fingerprint density at radius 1 is 1.46 bits per heavy atom. The van der Waals surface area contributed by atoms with Crippen molar-refractivity contribution >= 4 is 38.6 Å². The quantitative estimate of drug-likeness (QED) is 0.789. The van der Waals surface area contributed by atoms with Crippen LogP contribution in [-0.2, 0) is 0 Å². The van der Waals surface area contributed by atoms with E-state index < -0.39 is 0 Å². The monoisotopic (exact) mass is 258 g/mol. The number of hydrogen-bond donors (Lipinski definition) is 1. The maximum atomic E-state index is 10.9. The highest BCUT2D eigenvalue weighted by atomic mass is 79.9. The number of benzene rings is 1. The van der Waals surface area contributed by atoms with Crippen LogP contribution in [0.4, 0.5) is 0 Å². The van der Waals surface area contributed by atoms with Gasteiger partial charge in [-0.15, -0.1) is 0 Å². The molecule has 5 heteroatoms. The van der Waals surface area contributed by atoms with Gasteiger partial charge in [0, 0.05) is 9.50 Å². The summed E-state index contributed by atoms with van der Waals surface area (Å²) in [5.74, 6) is 0. The SMILES string of the molecule is O=c1cnc2c(Br)cc(Cl)cc2[nH]1. The number of rotatable bonds is 0. The molecule has 0 amide bonds. The van der Waals surface area contributed by atoms with Crippen LogP contribution >= 0.6 is 27.5 Å². The van der Waals surface area contributed by atoms with Crippen molar-refractivity contribution in [3.8, 4) is 0 Å². The molecule has 2 aromatic rings. The molecule has 1 N–H and O–H groups in total. The Morgan fingerprint density at radius 3 is 3.00 bits per heavy atom. The summed E-state index contributed by atoms with van der Waals surface area (Å²) in [6.45, 7) is 0. The number of aromatic nitrogens is 2. The lowest BCUT2D eigenvalue weighted by molar-refractivity contribution is 1.21. The van der Waals surface area contributed by atoms with Crippen molar-refractivity contribution in [3.63, 3.8) is 0 Å². The average Bonchev–Trinajstić information content (AvgIpc) is 2.02. The Hall–Kier alpha value is -0.870. The van der Waals surface area contributed by atoms with E-state index in [2.05, 4.69) is 25.9 Å². The van der Waals surface area contributed by atoms with Crippen LogP contribution in [0.15, 0.2) is 27.6 Å². The van der Waals surface area contributed by atoms with Gasteiger partial charge in [-0.25, -0.2) is 4.98 Å². The Balaban J connectivity index is 2.94. The highest BCUT2D eigenvalue weighted by molar-refractivity contribution is 9.10. The number of hydrogen-bond acceptors (Lipinski definition) is 2. The number of nitrogens with one attached hydrogen (secondary N) is 1. The van der Waals surface area contributed by atoms with E-state index in [9.17, 15) is 4.79 Å².